The predicted molar refractivity (Wildman–Crippen MR) is 47.9 cm³/mol. The highest BCUT2D eigenvalue weighted by molar-refractivity contribution is 5.85. The number of anilines is 1. The third-order valence-corrected chi connectivity index (χ3v) is 1.08. The summed E-state index contributed by atoms with van der Waals surface area (Å²) in [4.78, 5) is 0. The van der Waals surface area contributed by atoms with Gasteiger partial charge in [0, 0.05) is 5.69 Å². The Balaban J connectivity index is 0. The second-order valence-electron chi connectivity index (χ2n) is 1.91. The van der Waals surface area contributed by atoms with Gasteiger partial charge in [0.25, 0.3) is 0 Å². The lowest BCUT2D eigenvalue weighted by molar-refractivity contribution is 1.47. The van der Waals surface area contributed by atoms with E-state index in [1.807, 2.05) is 31.2 Å². The van der Waals surface area contributed by atoms with Crippen molar-refractivity contribution in [1.82, 2.24) is 6.15 Å². The van der Waals surface area contributed by atoms with E-state index in [-0.39, 0.29) is 18.6 Å². The van der Waals surface area contributed by atoms with Crippen LogP contribution in [0.4, 0.5) is 5.69 Å². The van der Waals surface area contributed by atoms with E-state index in [1.54, 1.807) is 0 Å². The molecule has 0 amide bonds. The zero-order valence-corrected chi connectivity index (χ0v) is 6.82. The Hall–Kier alpha value is -0.730. The topological polar surface area (TPSA) is 61.0 Å². The number of hydrogen-bond acceptors (Lipinski definition) is 2. The second kappa shape index (κ2) is 5.09. The zero-order chi connectivity index (χ0) is 5.98. The maximum atomic E-state index is 5.43. The van der Waals surface area contributed by atoms with Crippen LogP contribution in [0.5, 0.6) is 0 Å². The van der Waals surface area contributed by atoms with Gasteiger partial charge in [0.15, 0.2) is 0 Å². The van der Waals surface area contributed by atoms with Crippen molar-refractivity contribution in [2.24, 2.45) is 0 Å². The summed E-state index contributed by atoms with van der Waals surface area (Å²) in [6, 6.07) is 7.79. The lowest BCUT2D eigenvalue weighted by Crippen LogP contribution is -1.81. The van der Waals surface area contributed by atoms with Gasteiger partial charge < -0.3 is 11.9 Å². The highest BCUT2D eigenvalue weighted by atomic mass is 35.5. The van der Waals surface area contributed by atoms with E-state index in [1.165, 1.54) is 5.56 Å². The molecule has 5 N–H and O–H groups in total. The quantitative estimate of drug-likeness (QED) is 0.572. The molecule has 0 saturated carbocycles. The van der Waals surface area contributed by atoms with Crippen LogP contribution in [-0.4, -0.2) is 0 Å². The summed E-state index contributed by atoms with van der Waals surface area (Å²) < 4.78 is 0. The van der Waals surface area contributed by atoms with Gasteiger partial charge in [-0.15, -0.1) is 12.4 Å². The van der Waals surface area contributed by atoms with Gasteiger partial charge in [0.1, 0.15) is 0 Å². The lowest BCUT2D eigenvalue weighted by atomic mass is 10.2. The Bertz CT molecular complexity index is 150. The molecule has 0 aliphatic carbocycles. The fraction of sp³-hybridized carbons (Fsp3) is 0.143. The minimum Gasteiger partial charge on any atom is -0.399 e. The molecule has 0 heterocycles. The minimum absolute atomic E-state index is 0. The number of benzene rings is 1. The molecule has 1 aromatic carbocycles. The molecule has 0 aliphatic heterocycles. The van der Waals surface area contributed by atoms with Gasteiger partial charge in [0.05, 0.1) is 0 Å². The lowest BCUT2D eigenvalue weighted by Gasteiger charge is -1.90. The van der Waals surface area contributed by atoms with E-state index >= 15 is 0 Å². The van der Waals surface area contributed by atoms with E-state index < -0.39 is 0 Å². The number of nitrogens with two attached hydrogens (primary N) is 1. The van der Waals surface area contributed by atoms with Crippen molar-refractivity contribution < 1.29 is 0 Å². The van der Waals surface area contributed by atoms with Crippen LogP contribution >= 0.6 is 12.4 Å². The SMILES string of the molecule is Cc1ccc(N)cc1.Cl.N. The molecule has 58 valence electrons. The highest BCUT2D eigenvalue weighted by Crippen LogP contribution is 2.02. The normalized spacial score (nSPS) is 7.30. The Morgan fingerprint density at radius 1 is 1.10 bits per heavy atom. The molecule has 1 aromatic rings. The molecule has 0 radical (unpaired) electrons. The molecule has 0 unspecified atom stereocenters. The Morgan fingerprint density at radius 3 is 1.80 bits per heavy atom. The summed E-state index contributed by atoms with van der Waals surface area (Å²) in [5.41, 5.74) is 7.51. The first kappa shape index (κ1) is 12.0. The van der Waals surface area contributed by atoms with E-state index in [4.69, 9.17) is 5.73 Å². The van der Waals surface area contributed by atoms with Crippen molar-refractivity contribution in [3.8, 4) is 0 Å². The molecule has 2 nitrogen and oxygen atoms in total. The molecule has 0 fully saturated rings. The van der Waals surface area contributed by atoms with Crippen LogP contribution in [0.1, 0.15) is 5.56 Å². The molecule has 1 rings (SSSR count). The Labute approximate surface area is 67.4 Å². The van der Waals surface area contributed by atoms with Crippen molar-refractivity contribution in [3.05, 3.63) is 29.8 Å². The first-order valence-corrected chi connectivity index (χ1v) is 2.61. The van der Waals surface area contributed by atoms with Crippen LogP contribution < -0.4 is 11.9 Å². The van der Waals surface area contributed by atoms with Crippen molar-refractivity contribution >= 4 is 18.1 Å². The van der Waals surface area contributed by atoms with Crippen LogP contribution in [-0.2, 0) is 0 Å². The van der Waals surface area contributed by atoms with Crippen molar-refractivity contribution in [3.63, 3.8) is 0 Å². The molecule has 10 heavy (non-hydrogen) atoms. The van der Waals surface area contributed by atoms with Gasteiger partial charge >= 0.3 is 0 Å². The average Bonchev–Trinajstić information content (AvgIpc) is 1.77. The molecule has 0 bridgehead atoms. The third kappa shape index (κ3) is 3.33. The summed E-state index contributed by atoms with van der Waals surface area (Å²) in [6.07, 6.45) is 0. The first-order valence-electron chi connectivity index (χ1n) is 2.61. The predicted octanol–water partition coefficient (Wildman–Crippen LogP) is 2.16. The fourth-order valence-electron chi connectivity index (χ4n) is 0.566. The van der Waals surface area contributed by atoms with E-state index in [0.717, 1.165) is 5.69 Å². The molecule has 0 aromatic heterocycles. The summed E-state index contributed by atoms with van der Waals surface area (Å²) in [7, 11) is 0. The number of rotatable bonds is 0. The standard InChI is InChI=1S/C7H9N.ClH.H3N/c1-6-2-4-7(8)5-3-6;;/h2-5H,8H2,1H3;1H;1H3. The molecular weight excluding hydrogens is 148 g/mol. The Morgan fingerprint density at radius 2 is 1.50 bits per heavy atom. The number of nitrogen functional groups attached to an aromatic ring is 1. The minimum atomic E-state index is 0. The van der Waals surface area contributed by atoms with E-state index in [2.05, 4.69) is 0 Å². The van der Waals surface area contributed by atoms with Gasteiger partial charge in [-0.2, -0.15) is 0 Å². The largest absolute Gasteiger partial charge is 0.399 e. The van der Waals surface area contributed by atoms with Crippen molar-refractivity contribution in [2.75, 3.05) is 5.73 Å². The molecule has 0 atom stereocenters. The summed E-state index contributed by atoms with van der Waals surface area (Å²) >= 11 is 0. The molecule has 0 spiro atoms. The van der Waals surface area contributed by atoms with E-state index in [9.17, 15) is 0 Å². The smallest absolute Gasteiger partial charge is 0.0314 e. The van der Waals surface area contributed by atoms with Crippen LogP contribution in [0, 0.1) is 6.92 Å². The van der Waals surface area contributed by atoms with Crippen LogP contribution in [0.2, 0.25) is 0 Å². The summed E-state index contributed by atoms with van der Waals surface area (Å²) in [6.45, 7) is 2.04. The maximum absolute atomic E-state index is 5.43. The number of aryl methyl sites for hydroxylation is 1. The monoisotopic (exact) mass is 160 g/mol. The van der Waals surface area contributed by atoms with Gasteiger partial charge in [-0.1, -0.05) is 17.7 Å². The molecular formula is C7H13ClN2. The van der Waals surface area contributed by atoms with Crippen molar-refractivity contribution in [2.45, 2.75) is 6.92 Å². The average molecular weight is 161 g/mol. The second-order valence-corrected chi connectivity index (χ2v) is 1.91. The first-order chi connectivity index (χ1) is 3.79. The van der Waals surface area contributed by atoms with E-state index in [0.29, 0.717) is 0 Å². The Kier molecular flexibility index (Phi) is 6.10. The molecule has 0 saturated heterocycles. The molecule has 3 heteroatoms. The third-order valence-electron chi connectivity index (χ3n) is 1.08. The van der Waals surface area contributed by atoms with Crippen molar-refractivity contribution in [1.29, 1.82) is 0 Å². The summed E-state index contributed by atoms with van der Waals surface area (Å²) in [5.74, 6) is 0. The maximum Gasteiger partial charge on any atom is 0.0314 e. The van der Waals surface area contributed by atoms with Crippen LogP contribution in [0.25, 0.3) is 0 Å². The molecule has 0 aliphatic rings. The van der Waals surface area contributed by atoms with Gasteiger partial charge in [-0.05, 0) is 19.1 Å². The summed E-state index contributed by atoms with van der Waals surface area (Å²) in [5, 5.41) is 0. The highest BCUT2D eigenvalue weighted by Gasteiger charge is 1.80. The van der Waals surface area contributed by atoms with Gasteiger partial charge in [-0.25, -0.2) is 0 Å². The van der Waals surface area contributed by atoms with Crippen LogP contribution in [0.15, 0.2) is 24.3 Å². The zero-order valence-electron chi connectivity index (χ0n) is 6.00. The van der Waals surface area contributed by atoms with Gasteiger partial charge in [-0.3, -0.25) is 0 Å². The fourth-order valence-corrected chi connectivity index (χ4v) is 0.566. The van der Waals surface area contributed by atoms with Crippen LogP contribution in [0.3, 0.4) is 0 Å². The van der Waals surface area contributed by atoms with Gasteiger partial charge in [0.2, 0.25) is 0 Å². The number of hydrogen-bond donors (Lipinski definition) is 2. The number of halogens is 1.